The highest BCUT2D eigenvalue weighted by atomic mass is 32.2. The fourth-order valence-electron chi connectivity index (χ4n) is 3.76. The average molecular weight is 485 g/mol. The summed E-state index contributed by atoms with van der Waals surface area (Å²) in [5.41, 5.74) is 10.1. The van der Waals surface area contributed by atoms with Crippen LogP contribution in [0.1, 0.15) is 26.5 Å². The van der Waals surface area contributed by atoms with Gasteiger partial charge in [0.1, 0.15) is 11.4 Å². The van der Waals surface area contributed by atoms with Gasteiger partial charge in [0.25, 0.3) is 0 Å². The second-order valence-electron chi connectivity index (χ2n) is 9.29. The summed E-state index contributed by atoms with van der Waals surface area (Å²) in [5, 5.41) is 3.53. The number of halogens is 1. The summed E-state index contributed by atoms with van der Waals surface area (Å²) in [5.74, 6) is -0.351. The second-order valence-corrected chi connectivity index (χ2v) is 10.7. The van der Waals surface area contributed by atoms with Crippen molar-refractivity contribution in [3.63, 3.8) is 0 Å². The van der Waals surface area contributed by atoms with Crippen LogP contribution in [0, 0.1) is 6.92 Å². The van der Waals surface area contributed by atoms with Gasteiger partial charge in [0, 0.05) is 39.3 Å². The van der Waals surface area contributed by atoms with E-state index in [-0.39, 0.29) is 18.9 Å². The van der Waals surface area contributed by atoms with Gasteiger partial charge in [-0.05, 0) is 95.7 Å². The van der Waals surface area contributed by atoms with Gasteiger partial charge >= 0.3 is 6.09 Å². The van der Waals surface area contributed by atoms with Crippen molar-refractivity contribution in [2.75, 3.05) is 26.4 Å². The van der Waals surface area contributed by atoms with Crippen LogP contribution in [0.15, 0.2) is 59.3 Å². The maximum absolute atomic E-state index is 14.9. The number of ether oxygens (including phenoxy) is 1. The van der Waals surface area contributed by atoms with Gasteiger partial charge in [-0.15, -0.1) is 0 Å². The van der Waals surface area contributed by atoms with E-state index < -0.39 is 11.7 Å². The van der Waals surface area contributed by atoms with Gasteiger partial charge in [-0.2, -0.15) is 0 Å². The van der Waals surface area contributed by atoms with Crippen LogP contribution in [0.5, 0.6) is 0 Å². The molecule has 8 heteroatoms. The molecule has 34 heavy (non-hydrogen) atoms. The minimum absolute atomic E-state index is 0.0443. The summed E-state index contributed by atoms with van der Waals surface area (Å²) in [6, 6.07) is 14.0. The number of fused-ring (bicyclic) bond motifs is 1. The van der Waals surface area contributed by atoms with Crippen LogP contribution in [-0.2, 0) is 11.3 Å². The van der Waals surface area contributed by atoms with Gasteiger partial charge in [0.15, 0.2) is 0 Å². The van der Waals surface area contributed by atoms with E-state index in [1.807, 2.05) is 54.2 Å². The van der Waals surface area contributed by atoms with Crippen molar-refractivity contribution < 1.29 is 13.9 Å². The monoisotopic (exact) mass is 484 g/mol. The number of hydrogen-bond acceptors (Lipinski definition) is 5. The number of benzene rings is 2. The lowest BCUT2D eigenvalue weighted by molar-refractivity contribution is 0.0534. The lowest BCUT2D eigenvalue weighted by Gasteiger charge is -2.19. The van der Waals surface area contributed by atoms with E-state index >= 15 is 0 Å². The highest BCUT2D eigenvalue weighted by Gasteiger charge is 2.18. The predicted molar refractivity (Wildman–Crippen MR) is 139 cm³/mol. The number of alkyl carbamates (subject to hydrolysis) is 1. The van der Waals surface area contributed by atoms with Crippen molar-refractivity contribution >= 4 is 34.6 Å². The number of carbonyl (C=O) groups is 1. The van der Waals surface area contributed by atoms with Gasteiger partial charge < -0.3 is 20.4 Å². The molecule has 0 aliphatic heterocycles. The Labute approximate surface area is 205 Å². The number of amides is 1. The number of nitrogen functional groups attached to an aromatic ring is 1. The zero-order valence-corrected chi connectivity index (χ0v) is 21.4. The Morgan fingerprint density at radius 3 is 2.65 bits per heavy atom. The van der Waals surface area contributed by atoms with E-state index in [4.69, 9.17) is 10.5 Å². The Morgan fingerprint density at radius 2 is 1.97 bits per heavy atom. The summed E-state index contributed by atoms with van der Waals surface area (Å²) in [6.07, 6.45) is 0.785. The first-order chi connectivity index (χ1) is 15.9. The fraction of sp³-hybridized carbons (Fsp3) is 0.346. The van der Waals surface area contributed by atoms with Gasteiger partial charge in [-0.3, -0.25) is 4.31 Å². The van der Waals surface area contributed by atoms with Gasteiger partial charge in [-0.25, -0.2) is 9.18 Å². The Kier molecular flexibility index (Phi) is 7.94. The molecular formula is C26H33FN4O2S. The zero-order valence-electron chi connectivity index (χ0n) is 20.6. The number of nitrogens with zero attached hydrogens (tertiary/aromatic N) is 2. The van der Waals surface area contributed by atoms with Crippen molar-refractivity contribution in [1.82, 2.24) is 14.2 Å². The molecule has 0 radical (unpaired) electrons. The van der Waals surface area contributed by atoms with Crippen LogP contribution >= 0.6 is 11.9 Å². The SMILES string of the molecule is Cc1c(-c2cccc(SN(C)C)c2)c2cc(N)ccc2n1C/C(F)=C/CNC(=O)OC(C)(C)C. The number of allylic oxidation sites excluding steroid dienone is 1. The summed E-state index contributed by atoms with van der Waals surface area (Å²) < 4.78 is 24.1. The van der Waals surface area contributed by atoms with Crippen LogP contribution in [0.25, 0.3) is 22.0 Å². The molecule has 3 rings (SSSR count). The molecule has 6 nitrogen and oxygen atoms in total. The molecule has 182 valence electrons. The molecule has 0 spiro atoms. The van der Waals surface area contributed by atoms with Crippen molar-refractivity contribution in [3.8, 4) is 11.1 Å². The maximum Gasteiger partial charge on any atom is 0.407 e. The molecule has 1 amide bonds. The van der Waals surface area contributed by atoms with Crippen molar-refractivity contribution in [3.05, 3.63) is 60.1 Å². The minimum Gasteiger partial charge on any atom is -0.444 e. The van der Waals surface area contributed by atoms with Gasteiger partial charge in [0.2, 0.25) is 0 Å². The van der Waals surface area contributed by atoms with E-state index in [1.54, 1.807) is 32.7 Å². The van der Waals surface area contributed by atoms with Gasteiger partial charge in [-0.1, -0.05) is 12.1 Å². The van der Waals surface area contributed by atoms with Crippen LogP contribution in [0.2, 0.25) is 0 Å². The molecule has 0 atom stereocenters. The number of anilines is 1. The zero-order chi connectivity index (χ0) is 25.0. The van der Waals surface area contributed by atoms with E-state index in [2.05, 4.69) is 23.5 Å². The largest absolute Gasteiger partial charge is 0.444 e. The van der Waals surface area contributed by atoms with E-state index in [1.165, 1.54) is 6.08 Å². The molecule has 0 aliphatic rings. The highest BCUT2D eigenvalue weighted by molar-refractivity contribution is 7.97. The van der Waals surface area contributed by atoms with Crippen molar-refractivity contribution in [2.24, 2.45) is 0 Å². The van der Waals surface area contributed by atoms with Crippen LogP contribution in [-0.4, -0.2) is 41.2 Å². The predicted octanol–water partition coefficient (Wildman–Crippen LogP) is 6.15. The number of hydrogen-bond donors (Lipinski definition) is 2. The number of nitrogens with two attached hydrogens (primary N) is 1. The maximum atomic E-state index is 14.9. The molecular weight excluding hydrogens is 451 g/mol. The standard InChI is InChI=1S/C26H33FN4O2S/c1-17-24(18-8-7-9-21(14-18)34-30(5)6)22-15-20(28)10-11-23(22)31(17)16-19(27)12-13-29-25(32)33-26(2,3)4/h7-12,14-15H,13,16,28H2,1-6H3,(H,29,32)/b19-12-. The average Bonchev–Trinajstić information content (AvgIpc) is 2.97. The third kappa shape index (κ3) is 6.55. The van der Waals surface area contributed by atoms with Crippen LogP contribution in [0.4, 0.5) is 14.9 Å². The van der Waals surface area contributed by atoms with Crippen LogP contribution in [0.3, 0.4) is 0 Å². The van der Waals surface area contributed by atoms with E-state index in [9.17, 15) is 9.18 Å². The summed E-state index contributed by atoms with van der Waals surface area (Å²) in [6.45, 7) is 7.42. The van der Waals surface area contributed by atoms with Gasteiger partial charge in [0.05, 0.1) is 6.54 Å². The second kappa shape index (κ2) is 10.5. The van der Waals surface area contributed by atoms with E-state index in [0.29, 0.717) is 5.69 Å². The molecule has 0 unspecified atom stereocenters. The first kappa shape index (κ1) is 25.6. The quantitative estimate of drug-likeness (QED) is 0.311. The molecule has 1 heterocycles. The molecule has 0 bridgehead atoms. The number of nitrogens with one attached hydrogen (secondary N) is 1. The summed E-state index contributed by atoms with van der Waals surface area (Å²) in [7, 11) is 4.00. The first-order valence-corrected chi connectivity index (χ1v) is 11.9. The molecule has 3 N–H and O–H groups in total. The third-order valence-corrected chi connectivity index (χ3v) is 5.87. The molecule has 0 fully saturated rings. The normalized spacial score (nSPS) is 12.4. The Bertz CT molecular complexity index is 1210. The Morgan fingerprint density at radius 1 is 1.24 bits per heavy atom. The lowest BCUT2D eigenvalue weighted by Crippen LogP contribution is -2.32. The highest BCUT2D eigenvalue weighted by Crippen LogP contribution is 2.37. The number of rotatable bonds is 7. The topological polar surface area (TPSA) is 72.5 Å². The molecule has 3 aromatic rings. The first-order valence-electron chi connectivity index (χ1n) is 11.1. The van der Waals surface area contributed by atoms with Crippen LogP contribution < -0.4 is 11.1 Å². The number of aromatic nitrogens is 1. The molecule has 1 aromatic heterocycles. The molecule has 0 saturated heterocycles. The summed E-state index contributed by atoms with van der Waals surface area (Å²) >= 11 is 1.64. The van der Waals surface area contributed by atoms with E-state index in [0.717, 1.165) is 32.6 Å². The lowest BCUT2D eigenvalue weighted by atomic mass is 10.0. The number of carbonyl (C=O) groups excluding carboxylic acids is 1. The molecule has 0 saturated carbocycles. The summed E-state index contributed by atoms with van der Waals surface area (Å²) in [4.78, 5) is 12.9. The Balaban J connectivity index is 1.91. The van der Waals surface area contributed by atoms with Crippen molar-refractivity contribution in [1.29, 1.82) is 0 Å². The van der Waals surface area contributed by atoms with Crippen molar-refractivity contribution in [2.45, 2.75) is 44.7 Å². The Hall–Kier alpha value is -2.97. The fourth-order valence-corrected chi connectivity index (χ4v) is 4.50. The minimum atomic E-state index is -0.603. The molecule has 2 aromatic carbocycles. The smallest absolute Gasteiger partial charge is 0.407 e. The molecule has 0 aliphatic carbocycles. The third-order valence-electron chi connectivity index (χ3n) is 5.04.